The topological polar surface area (TPSA) is 60.0 Å². The summed E-state index contributed by atoms with van der Waals surface area (Å²) in [7, 11) is 0. The molecule has 142 valence electrons. The van der Waals surface area contributed by atoms with Crippen molar-refractivity contribution in [2.24, 2.45) is 0 Å². The fourth-order valence-electron chi connectivity index (χ4n) is 3.06. The van der Waals surface area contributed by atoms with Crippen LogP contribution in [0.2, 0.25) is 0 Å². The molecule has 2 aliphatic rings. The van der Waals surface area contributed by atoms with E-state index in [1.807, 2.05) is 0 Å². The van der Waals surface area contributed by atoms with Crippen molar-refractivity contribution in [1.29, 1.82) is 0 Å². The van der Waals surface area contributed by atoms with Gasteiger partial charge in [0.25, 0.3) is 11.7 Å². The molecule has 2 heterocycles. The Bertz CT molecular complexity index is 869. The molecule has 0 aromatic heterocycles. The number of nitrogens with zero attached hydrogens (tertiary/aromatic N) is 1. The van der Waals surface area contributed by atoms with Crippen LogP contribution in [0.4, 0.5) is 8.78 Å². The zero-order valence-corrected chi connectivity index (χ0v) is 14.6. The third-order valence-corrected chi connectivity index (χ3v) is 4.53. The van der Waals surface area contributed by atoms with E-state index >= 15 is 0 Å². The lowest BCUT2D eigenvalue weighted by Gasteiger charge is -2.27. The molecule has 1 amide bonds. The molecule has 27 heavy (non-hydrogen) atoms. The highest BCUT2D eigenvalue weighted by Gasteiger charge is 2.40. The number of hydrazine groups is 1. The monoisotopic (exact) mass is 376 g/mol. The highest BCUT2D eigenvalue weighted by atomic mass is 19.1. The van der Waals surface area contributed by atoms with Gasteiger partial charge in [0.15, 0.2) is 11.5 Å². The van der Waals surface area contributed by atoms with Crippen molar-refractivity contribution < 1.29 is 27.8 Å². The minimum absolute atomic E-state index is 0.146. The number of carbonyl (C=O) groups is 1. The second kappa shape index (κ2) is 6.79. The number of hydrogen-bond donors (Lipinski definition) is 1. The number of amides is 1. The van der Waals surface area contributed by atoms with Crippen molar-refractivity contribution in [3.63, 3.8) is 0 Å². The van der Waals surface area contributed by atoms with Crippen LogP contribution in [0.5, 0.6) is 11.5 Å². The third kappa shape index (κ3) is 3.45. The van der Waals surface area contributed by atoms with Gasteiger partial charge < -0.3 is 14.2 Å². The van der Waals surface area contributed by atoms with Crippen LogP contribution in [-0.4, -0.2) is 37.2 Å². The molecule has 1 atom stereocenters. The lowest BCUT2D eigenvalue weighted by atomic mass is 10.1. The zero-order valence-electron chi connectivity index (χ0n) is 14.6. The van der Waals surface area contributed by atoms with E-state index in [-0.39, 0.29) is 22.9 Å². The van der Waals surface area contributed by atoms with Gasteiger partial charge in [0.1, 0.15) is 11.6 Å². The average Bonchev–Trinajstić information content (AvgIpc) is 2.98. The van der Waals surface area contributed by atoms with Gasteiger partial charge in [0.05, 0.1) is 18.8 Å². The first-order chi connectivity index (χ1) is 12.9. The largest absolute Gasteiger partial charge is 0.445 e. The number of ether oxygens (including phenoxy) is 3. The maximum atomic E-state index is 14.5. The molecule has 0 aliphatic carbocycles. The molecule has 1 N–H and O–H groups in total. The predicted molar refractivity (Wildman–Crippen MR) is 91.3 cm³/mol. The molecule has 0 saturated carbocycles. The Balaban J connectivity index is 1.56. The van der Waals surface area contributed by atoms with Crippen LogP contribution in [-0.2, 0) is 10.5 Å². The fourth-order valence-corrected chi connectivity index (χ4v) is 3.06. The molecule has 8 heteroatoms. The number of halogens is 2. The number of rotatable bonds is 3. The number of morpholine rings is 1. The van der Waals surface area contributed by atoms with Crippen molar-refractivity contribution in [3.8, 4) is 11.5 Å². The first kappa shape index (κ1) is 17.7. The summed E-state index contributed by atoms with van der Waals surface area (Å²) in [5.41, 5.74) is 3.09. The number of carbonyl (C=O) groups excluding carboxylic acids is 1. The van der Waals surface area contributed by atoms with Gasteiger partial charge >= 0.3 is 0 Å². The molecule has 1 fully saturated rings. The molecular formula is C19H18F2N2O4. The minimum atomic E-state index is -1.23. The van der Waals surface area contributed by atoms with Gasteiger partial charge in [0, 0.05) is 31.6 Å². The van der Waals surface area contributed by atoms with E-state index in [0.29, 0.717) is 31.9 Å². The quantitative estimate of drug-likeness (QED) is 0.892. The zero-order chi connectivity index (χ0) is 19.0. The van der Waals surface area contributed by atoms with Crippen LogP contribution < -0.4 is 14.9 Å². The molecule has 2 aromatic carbocycles. The number of fused-ring (bicyclic) bond motifs is 1. The number of benzene rings is 2. The summed E-state index contributed by atoms with van der Waals surface area (Å²) in [6.07, 6.45) is 0. The standard InChI is InChI=1S/C19H18F2N2O4/c1-19(12-2-4-13(20)5-3-12)26-16-10-14(15(21)11-17(16)27-19)18(24)22-23-6-8-25-9-7-23/h2-5,10-11H,6-9H2,1H3,(H,22,24). The van der Waals surface area contributed by atoms with E-state index in [1.165, 1.54) is 30.3 Å². The summed E-state index contributed by atoms with van der Waals surface area (Å²) >= 11 is 0. The van der Waals surface area contributed by atoms with Crippen LogP contribution in [0.15, 0.2) is 36.4 Å². The molecule has 6 nitrogen and oxygen atoms in total. The van der Waals surface area contributed by atoms with Gasteiger partial charge in [-0.25, -0.2) is 13.8 Å². The summed E-state index contributed by atoms with van der Waals surface area (Å²) in [4.78, 5) is 12.4. The van der Waals surface area contributed by atoms with Crippen molar-refractivity contribution in [3.05, 3.63) is 59.2 Å². The molecule has 2 aliphatic heterocycles. The molecule has 1 unspecified atom stereocenters. The van der Waals surface area contributed by atoms with Gasteiger partial charge in [-0.05, 0) is 30.3 Å². The van der Waals surface area contributed by atoms with Crippen molar-refractivity contribution in [1.82, 2.24) is 10.4 Å². The summed E-state index contributed by atoms with van der Waals surface area (Å²) in [5, 5.41) is 1.68. The predicted octanol–water partition coefficient (Wildman–Crippen LogP) is 2.59. The Morgan fingerprint density at radius 1 is 1.07 bits per heavy atom. The second-order valence-electron chi connectivity index (χ2n) is 6.48. The van der Waals surface area contributed by atoms with Gasteiger partial charge in [-0.15, -0.1) is 0 Å². The molecule has 0 bridgehead atoms. The van der Waals surface area contributed by atoms with E-state index in [9.17, 15) is 13.6 Å². The van der Waals surface area contributed by atoms with E-state index in [4.69, 9.17) is 14.2 Å². The Morgan fingerprint density at radius 2 is 1.70 bits per heavy atom. The molecule has 0 radical (unpaired) electrons. The van der Waals surface area contributed by atoms with Crippen LogP contribution in [0.1, 0.15) is 22.8 Å². The van der Waals surface area contributed by atoms with Crippen LogP contribution >= 0.6 is 0 Å². The molecular weight excluding hydrogens is 358 g/mol. The SMILES string of the molecule is CC1(c2ccc(F)cc2)Oc2cc(F)c(C(=O)NN3CCOCC3)cc2O1. The second-order valence-corrected chi connectivity index (χ2v) is 6.48. The molecule has 0 spiro atoms. The van der Waals surface area contributed by atoms with Crippen LogP contribution in [0.25, 0.3) is 0 Å². The van der Waals surface area contributed by atoms with Gasteiger partial charge in [-0.3, -0.25) is 10.2 Å². The van der Waals surface area contributed by atoms with E-state index < -0.39 is 17.5 Å². The molecule has 1 saturated heterocycles. The first-order valence-corrected chi connectivity index (χ1v) is 8.56. The Labute approximate surface area is 154 Å². The normalized spacial score (nSPS) is 21.9. The third-order valence-electron chi connectivity index (χ3n) is 4.53. The van der Waals surface area contributed by atoms with Gasteiger partial charge in [-0.2, -0.15) is 0 Å². The Morgan fingerprint density at radius 3 is 2.37 bits per heavy atom. The smallest absolute Gasteiger partial charge is 0.275 e. The van der Waals surface area contributed by atoms with Crippen molar-refractivity contribution in [2.45, 2.75) is 12.7 Å². The van der Waals surface area contributed by atoms with Crippen LogP contribution in [0.3, 0.4) is 0 Å². The van der Waals surface area contributed by atoms with E-state index in [2.05, 4.69) is 5.43 Å². The van der Waals surface area contributed by atoms with Crippen molar-refractivity contribution in [2.75, 3.05) is 26.3 Å². The molecule has 4 rings (SSSR count). The van der Waals surface area contributed by atoms with E-state index in [0.717, 1.165) is 6.07 Å². The number of hydrogen-bond acceptors (Lipinski definition) is 5. The summed E-state index contributed by atoms with van der Waals surface area (Å²) in [5.74, 6) is -2.48. The average molecular weight is 376 g/mol. The molecule has 2 aromatic rings. The lowest BCUT2D eigenvalue weighted by molar-refractivity contribution is -0.0681. The minimum Gasteiger partial charge on any atom is -0.445 e. The number of nitrogens with one attached hydrogen (secondary N) is 1. The van der Waals surface area contributed by atoms with Gasteiger partial charge in [0.2, 0.25) is 0 Å². The summed E-state index contributed by atoms with van der Waals surface area (Å²) in [6.45, 7) is 3.70. The lowest BCUT2D eigenvalue weighted by Crippen LogP contribution is -2.48. The van der Waals surface area contributed by atoms with Crippen molar-refractivity contribution >= 4 is 5.91 Å². The highest BCUT2D eigenvalue weighted by molar-refractivity contribution is 5.95. The Kier molecular flexibility index (Phi) is 4.45. The highest BCUT2D eigenvalue weighted by Crippen LogP contribution is 2.45. The summed E-state index contributed by atoms with van der Waals surface area (Å²) < 4.78 is 44.4. The Hall–Kier alpha value is -2.71. The fraction of sp³-hybridized carbons (Fsp3) is 0.316. The van der Waals surface area contributed by atoms with E-state index in [1.54, 1.807) is 11.9 Å². The van der Waals surface area contributed by atoms with Crippen LogP contribution in [0, 0.1) is 11.6 Å². The first-order valence-electron chi connectivity index (χ1n) is 8.56. The summed E-state index contributed by atoms with van der Waals surface area (Å²) in [6, 6.07) is 8.08. The maximum absolute atomic E-state index is 14.5. The van der Waals surface area contributed by atoms with Gasteiger partial charge in [-0.1, -0.05) is 0 Å². The maximum Gasteiger partial charge on any atom is 0.275 e.